The summed E-state index contributed by atoms with van der Waals surface area (Å²) in [5.41, 5.74) is 2.58. The molecule has 3 nitrogen and oxygen atoms in total. The van der Waals surface area contributed by atoms with E-state index in [2.05, 4.69) is 36.4 Å². The molecule has 0 fully saturated rings. The quantitative estimate of drug-likeness (QED) is 0.802. The van der Waals surface area contributed by atoms with Crippen LogP contribution in [-0.2, 0) is 0 Å². The average Bonchev–Trinajstić information content (AvgIpc) is 2.27. The van der Waals surface area contributed by atoms with Crippen molar-refractivity contribution in [1.29, 1.82) is 0 Å². The van der Waals surface area contributed by atoms with Crippen LogP contribution in [-0.4, -0.2) is 32.6 Å². The molecule has 0 aromatic heterocycles. The fraction of sp³-hybridized carbons (Fsp3) is 0.500. The first-order chi connectivity index (χ1) is 7.22. The van der Waals surface area contributed by atoms with Gasteiger partial charge in [-0.15, -0.1) is 0 Å². The van der Waals surface area contributed by atoms with Gasteiger partial charge in [-0.1, -0.05) is 0 Å². The highest BCUT2D eigenvalue weighted by Crippen LogP contribution is 2.35. The Bertz CT molecular complexity index is 349. The van der Waals surface area contributed by atoms with Crippen LogP contribution < -0.4 is 10.1 Å². The minimum Gasteiger partial charge on any atom is -0.497 e. The van der Waals surface area contributed by atoms with Gasteiger partial charge in [0.25, 0.3) is 0 Å². The minimum atomic E-state index is 0.497. The Morgan fingerprint density at radius 1 is 1.40 bits per heavy atom. The molecule has 0 bridgehead atoms. The van der Waals surface area contributed by atoms with Crippen LogP contribution in [0.2, 0.25) is 0 Å². The molecule has 3 heteroatoms. The molecule has 0 aliphatic carbocycles. The second-order valence-electron chi connectivity index (χ2n) is 4.15. The summed E-state index contributed by atoms with van der Waals surface area (Å²) in [6, 6.07) is 6.73. The van der Waals surface area contributed by atoms with Gasteiger partial charge in [0.1, 0.15) is 5.75 Å². The second kappa shape index (κ2) is 4.11. The zero-order valence-electron chi connectivity index (χ0n) is 9.58. The summed E-state index contributed by atoms with van der Waals surface area (Å²) in [4.78, 5) is 2.26. The zero-order valence-corrected chi connectivity index (χ0v) is 9.58. The standard InChI is InChI=1S/C12H18N2O/c1-14(2)12-6-7-13-11-5-4-9(15-3)8-10(11)12/h4-5,8,12-13H,6-7H2,1-3H3. The maximum atomic E-state index is 5.26. The van der Waals surface area contributed by atoms with Gasteiger partial charge >= 0.3 is 0 Å². The van der Waals surface area contributed by atoms with E-state index in [4.69, 9.17) is 4.74 Å². The number of benzene rings is 1. The number of hydrogen-bond acceptors (Lipinski definition) is 3. The number of hydrogen-bond donors (Lipinski definition) is 1. The van der Waals surface area contributed by atoms with Gasteiger partial charge in [0.2, 0.25) is 0 Å². The number of ether oxygens (including phenoxy) is 1. The first-order valence-electron chi connectivity index (χ1n) is 5.30. The van der Waals surface area contributed by atoms with Gasteiger partial charge in [-0.25, -0.2) is 0 Å². The van der Waals surface area contributed by atoms with Gasteiger partial charge in [-0.2, -0.15) is 0 Å². The van der Waals surface area contributed by atoms with Crippen molar-refractivity contribution in [1.82, 2.24) is 4.90 Å². The van der Waals surface area contributed by atoms with E-state index in [9.17, 15) is 0 Å². The van der Waals surface area contributed by atoms with Crippen molar-refractivity contribution in [3.05, 3.63) is 23.8 Å². The molecule has 1 aromatic carbocycles. The molecular weight excluding hydrogens is 188 g/mol. The largest absolute Gasteiger partial charge is 0.497 e. The van der Waals surface area contributed by atoms with E-state index < -0.39 is 0 Å². The van der Waals surface area contributed by atoms with E-state index in [-0.39, 0.29) is 0 Å². The maximum absolute atomic E-state index is 5.26. The fourth-order valence-electron chi connectivity index (χ4n) is 2.14. The topological polar surface area (TPSA) is 24.5 Å². The van der Waals surface area contributed by atoms with Gasteiger partial charge in [0.05, 0.1) is 7.11 Å². The van der Waals surface area contributed by atoms with E-state index in [1.165, 1.54) is 11.3 Å². The molecule has 1 aliphatic rings. The number of methoxy groups -OCH3 is 1. The van der Waals surface area contributed by atoms with E-state index in [1.807, 2.05) is 6.07 Å². The number of nitrogens with one attached hydrogen (secondary N) is 1. The molecule has 1 heterocycles. The van der Waals surface area contributed by atoms with Crippen LogP contribution in [0.5, 0.6) is 5.75 Å². The highest BCUT2D eigenvalue weighted by molar-refractivity contribution is 5.57. The Hall–Kier alpha value is -1.22. The van der Waals surface area contributed by atoms with Crippen LogP contribution in [0.3, 0.4) is 0 Å². The Morgan fingerprint density at radius 2 is 2.20 bits per heavy atom. The lowest BCUT2D eigenvalue weighted by Crippen LogP contribution is -2.27. The Balaban J connectivity index is 2.39. The van der Waals surface area contributed by atoms with Crippen LogP contribution in [0, 0.1) is 0 Å². The molecule has 0 saturated carbocycles. The van der Waals surface area contributed by atoms with Crippen LogP contribution >= 0.6 is 0 Å². The van der Waals surface area contributed by atoms with Crippen molar-refractivity contribution in [2.75, 3.05) is 33.1 Å². The fourth-order valence-corrected chi connectivity index (χ4v) is 2.14. The molecule has 1 unspecified atom stereocenters. The van der Waals surface area contributed by atoms with Crippen LogP contribution in [0.15, 0.2) is 18.2 Å². The molecule has 1 aliphatic heterocycles. The van der Waals surface area contributed by atoms with Crippen molar-refractivity contribution in [2.24, 2.45) is 0 Å². The third-order valence-electron chi connectivity index (χ3n) is 2.97. The lowest BCUT2D eigenvalue weighted by Gasteiger charge is -2.31. The van der Waals surface area contributed by atoms with Gasteiger partial charge < -0.3 is 15.0 Å². The molecule has 15 heavy (non-hydrogen) atoms. The first-order valence-corrected chi connectivity index (χ1v) is 5.30. The van der Waals surface area contributed by atoms with Crippen LogP contribution in [0.1, 0.15) is 18.0 Å². The normalized spacial score (nSPS) is 19.6. The van der Waals surface area contributed by atoms with E-state index in [0.29, 0.717) is 6.04 Å². The molecule has 82 valence electrons. The van der Waals surface area contributed by atoms with Crippen LogP contribution in [0.4, 0.5) is 5.69 Å². The molecule has 0 spiro atoms. The molecule has 0 saturated heterocycles. The van der Waals surface area contributed by atoms with Gasteiger partial charge in [-0.05, 0) is 44.3 Å². The van der Waals surface area contributed by atoms with Gasteiger partial charge in [0.15, 0.2) is 0 Å². The minimum absolute atomic E-state index is 0.497. The SMILES string of the molecule is COc1ccc2c(c1)C(N(C)C)CCN2. The number of anilines is 1. The lowest BCUT2D eigenvalue weighted by molar-refractivity contribution is 0.284. The average molecular weight is 206 g/mol. The number of fused-ring (bicyclic) bond motifs is 1. The van der Waals surface area contributed by atoms with Gasteiger partial charge in [-0.3, -0.25) is 0 Å². The third-order valence-corrected chi connectivity index (χ3v) is 2.97. The molecule has 2 rings (SSSR count). The predicted octanol–water partition coefficient (Wildman–Crippen LogP) is 2.11. The summed E-state index contributed by atoms with van der Waals surface area (Å²) >= 11 is 0. The smallest absolute Gasteiger partial charge is 0.119 e. The monoisotopic (exact) mass is 206 g/mol. The van der Waals surface area contributed by atoms with Crippen molar-refractivity contribution in [3.8, 4) is 5.75 Å². The number of rotatable bonds is 2. The summed E-state index contributed by atoms with van der Waals surface area (Å²) in [5.74, 6) is 0.935. The summed E-state index contributed by atoms with van der Waals surface area (Å²) in [6.07, 6.45) is 1.15. The summed E-state index contributed by atoms with van der Waals surface area (Å²) < 4.78 is 5.26. The zero-order chi connectivity index (χ0) is 10.8. The number of nitrogens with zero attached hydrogens (tertiary/aromatic N) is 1. The van der Waals surface area contributed by atoms with Crippen molar-refractivity contribution in [2.45, 2.75) is 12.5 Å². The highest BCUT2D eigenvalue weighted by Gasteiger charge is 2.21. The summed E-state index contributed by atoms with van der Waals surface area (Å²) in [6.45, 7) is 1.04. The van der Waals surface area contributed by atoms with Crippen molar-refractivity contribution >= 4 is 5.69 Å². The third kappa shape index (κ3) is 1.92. The van der Waals surface area contributed by atoms with Crippen molar-refractivity contribution in [3.63, 3.8) is 0 Å². The highest BCUT2D eigenvalue weighted by atomic mass is 16.5. The van der Waals surface area contributed by atoms with E-state index in [0.717, 1.165) is 18.7 Å². The Labute approximate surface area is 91.0 Å². The van der Waals surface area contributed by atoms with E-state index in [1.54, 1.807) is 7.11 Å². The lowest BCUT2D eigenvalue weighted by atomic mass is 9.97. The predicted molar refractivity (Wildman–Crippen MR) is 62.5 cm³/mol. The van der Waals surface area contributed by atoms with E-state index >= 15 is 0 Å². The van der Waals surface area contributed by atoms with Gasteiger partial charge in [0, 0.05) is 18.3 Å². The summed E-state index contributed by atoms with van der Waals surface area (Å²) in [7, 11) is 5.96. The molecule has 1 aromatic rings. The molecule has 1 N–H and O–H groups in total. The first kappa shape index (κ1) is 10.3. The Morgan fingerprint density at radius 3 is 2.87 bits per heavy atom. The Kier molecular flexibility index (Phi) is 2.82. The molecule has 1 atom stereocenters. The molecule has 0 amide bonds. The maximum Gasteiger partial charge on any atom is 0.119 e. The molecular formula is C12H18N2O. The molecule has 0 radical (unpaired) electrons. The van der Waals surface area contributed by atoms with Crippen LogP contribution in [0.25, 0.3) is 0 Å². The van der Waals surface area contributed by atoms with Crippen molar-refractivity contribution < 1.29 is 4.74 Å². The second-order valence-corrected chi connectivity index (χ2v) is 4.15. The summed E-state index contributed by atoms with van der Waals surface area (Å²) in [5, 5.41) is 3.42.